The predicted molar refractivity (Wildman–Crippen MR) is 82.6 cm³/mol. The molecule has 0 unspecified atom stereocenters. The number of carbonyl (C=O) groups is 1. The Balaban J connectivity index is 1.64. The Hall–Kier alpha value is -1.46. The molecule has 120 valence electrons. The molecular weight excluding hydrogens is 280 g/mol. The van der Waals surface area contributed by atoms with Crippen LogP contribution in [0.2, 0.25) is 0 Å². The SMILES string of the molecule is CCO[C@@H]1C[C@H](O)C12CCN(C(=O)c1ccc(C)nc1)CC2. The van der Waals surface area contributed by atoms with Gasteiger partial charge in [-0.3, -0.25) is 9.78 Å². The second-order valence-corrected chi connectivity index (χ2v) is 6.41. The molecule has 0 radical (unpaired) electrons. The summed E-state index contributed by atoms with van der Waals surface area (Å²) in [5.41, 5.74) is 1.40. The molecule has 1 saturated heterocycles. The summed E-state index contributed by atoms with van der Waals surface area (Å²) in [6, 6.07) is 3.69. The molecule has 1 aromatic rings. The van der Waals surface area contributed by atoms with Gasteiger partial charge in [0.25, 0.3) is 5.91 Å². The number of aliphatic hydroxyl groups is 1. The van der Waals surface area contributed by atoms with Crippen LogP contribution < -0.4 is 0 Å². The molecule has 1 aliphatic carbocycles. The highest BCUT2D eigenvalue weighted by atomic mass is 16.5. The summed E-state index contributed by atoms with van der Waals surface area (Å²) < 4.78 is 5.76. The Morgan fingerprint density at radius 2 is 2.18 bits per heavy atom. The van der Waals surface area contributed by atoms with Gasteiger partial charge in [0.05, 0.1) is 17.8 Å². The first kappa shape index (κ1) is 15.4. The molecule has 5 heteroatoms. The van der Waals surface area contributed by atoms with Crippen molar-refractivity contribution in [2.45, 2.75) is 45.3 Å². The third-order valence-electron chi connectivity index (χ3n) is 5.25. The van der Waals surface area contributed by atoms with Crippen LogP contribution in [0, 0.1) is 12.3 Å². The summed E-state index contributed by atoms with van der Waals surface area (Å²) in [5.74, 6) is 0.0316. The van der Waals surface area contributed by atoms with Crippen molar-refractivity contribution in [1.29, 1.82) is 0 Å². The van der Waals surface area contributed by atoms with Gasteiger partial charge in [-0.2, -0.15) is 0 Å². The lowest BCUT2D eigenvalue weighted by molar-refractivity contribution is -0.207. The quantitative estimate of drug-likeness (QED) is 0.924. The van der Waals surface area contributed by atoms with Crippen LogP contribution in [0.5, 0.6) is 0 Å². The Bertz CT molecular complexity index is 533. The lowest BCUT2D eigenvalue weighted by atomic mass is 9.58. The Labute approximate surface area is 131 Å². The van der Waals surface area contributed by atoms with E-state index in [1.165, 1.54) is 0 Å². The topological polar surface area (TPSA) is 62.7 Å². The number of nitrogens with zero attached hydrogens (tertiary/aromatic N) is 2. The second kappa shape index (κ2) is 5.97. The lowest BCUT2D eigenvalue weighted by Gasteiger charge is -2.56. The average molecular weight is 304 g/mol. The number of likely N-dealkylation sites (tertiary alicyclic amines) is 1. The van der Waals surface area contributed by atoms with E-state index in [2.05, 4.69) is 4.98 Å². The minimum atomic E-state index is -0.289. The molecular formula is C17H24N2O3. The van der Waals surface area contributed by atoms with Crippen molar-refractivity contribution < 1.29 is 14.6 Å². The maximum Gasteiger partial charge on any atom is 0.255 e. The van der Waals surface area contributed by atoms with Gasteiger partial charge in [0, 0.05) is 43.4 Å². The molecule has 2 aliphatic rings. The number of aromatic nitrogens is 1. The highest BCUT2D eigenvalue weighted by Crippen LogP contribution is 2.51. The van der Waals surface area contributed by atoms with Gasteiger partial charge in [-0.25, -0.2) is 0 Å². The van der Waals surface area contributed by atoms with Crippen LogP contribution in [0.1, 0.15) is 42.2 Å². The van der Waals surface area contributed by atoms with Crippen molar-refractivity contribution in [3.63, 3.8) is 0 Å². The van der Waals surface area contributed by atoms with E-state index >= 15 is 0 Å². The van der Waals surface area contributed by atoms with E-state index in [-0.39, 0.29) is 23.5 Å². The third-order valence-corrected chi connectivity index (χ3v) is 5.25. The molecule has 2 fully saturated rings. The molecule has 1 aromatic heterocycles. The van der Waals surface area contributed by atoms with Gasteiger partial charge < -0.3 is 14.7 Å². The first-order valence-electron chi connectivity index (χ1n) is 8.08. The summed E-state index contributed by atoms with van der Waals surface area (Å²) in [7, 11) is 0. The van der Waals surface area contributed by atoms with Gasteiger partial charge >= 0.3 is 0 Å². The number of ether oxygens (including phenoxy) is 1. The van der Waals surface area contributed by atoms with Crippen LogP contribution in [0.25, 0.3) is 0 Å². The summed E-state index contributed by atoms with van der Waals surface area (Å²) in [6.45, 7) is 5.92. The van der Waals surface area contributed by atoms with Gasteiger partial charge in [0.2, 0.25) is 0 Å². The minimum absolute atomic E-state index is 0.0316. The van der Waals surface area contributed by atoms with Crippen LogP contribution in [0.15, 0.2) is 18.3 Å². The van der Waals surface area contributed by atoms with Gasteiger partial charge in [0.15, 0.2) is 0 Å². The molecule has 2 atom stereocenters. The largest absolute Gasteiger partial charge is 0.392 e. The molecule has 1 saturated carbocycles. The van der Waals surface area contributed by atoms with E-state index < -0.39 is 0 Å². The van der Waals surface area contributed by atoms with Gasteiger partial charge in [0.1, 0.15) is 0 Å². The highest BCUT2D eigenvalue weighted by molar-refractivity contribution is 5.94. The first-order valence-corrected chi connectivity index (χ1v) is 8.08. The number of piperidine rings is 1. The van der Waals surface area contributed by atoms with Crippen molar-refractivity contribution in [2.24, 2.45) is 5.41 Å². The van der Waals surface area contributed by atoms with Crippen LogP contribution in [-0.4, -0.2) is 52.8 Å². The minimum Gasteiger partial charge on any atom is -0.392 e. The third kappa shape index (κ3) is 2.52. The zero-order chi connectivity index (χ0) is 15.7. The van der Waals surface area contributed by atoms with E-state index in [0.717, 1.165) is 25.0 Å². The van der Waals surface area contributed by atoms with Crippen molar-refractivity contribution in [3.05, 3.63) is 29.6 Å². The normalized spacial score (nSPS) is 26.8. The smallest absolute Gasteiger partial charge is 0.255 e. The number of rotatable bonds is 3. The molecule has 22 heavy (non-hydrogen) atoms. The molecule has 1 aliphatic heterocycles. The zero-order valence-corrected chi connectivity index (χ0v) is 13.3. The van der Waals surface area contributed by atoms with Crippen molar-refractivity contribution in [1.82, 2.24) is 9.88 Å². The number of carbonyl (C=O) groups excluding carboxylic acids is 1. The summed E-state index contributed by atoms with van der Waals surface area (Å²) in [5, 5.41) is 10.2. The average Bonchev–Trinajstić information content (AvgIpc) is 2.55. The molecule has 0 aromatic carbocycles. The molecule has 0 bridgehead atoms. The number of hydrogen-bond donors (Lipinski definition) is 1. The number of hydrogen-bond acceptors (Lipinski definition) is 4. The number of aryl methyl sites for hydroxylation is 1. The Morgan fingerprint density at radius 1 is 1.45 bits per heavy atom. The molecule has 1 N–H and O–H groups in total. The zero-order valence-electron chi connectivity index (χ0n) is 13.3. The van der Waals surface area contributed by atoms with Gasteiger partial charge in [-0.05, 0) is 38.8 Å². The Morgan fingerprint density at radius 3 is 2.73 bits per heavy atom. The van der Waals surface area contributed by atoms with Crippen LogP contribution in [0.3, 0.4) is 0 Å². The van der Waals surface area contributed by atoms with E-state index in [0.29, 0.717) is 25.3 Å². The van der Waals surface area contributed by atoms with E-state index in [9.17, 15) is 9.90 Å². The number of amides is 1. The van der Waals surface area contributed by atoms with Crippen LogP contribution in [0.4, 0.5) is 0 Å². The summed E-state index contributed by atoms with van der Waals surface area (Å²) in [4.78, 5) is 18.6. The predicted octanol–water partition coefficient (Wildman–Crippen LogP) is 1.78. The fourth-order valence-corrected chi connectivity index (χ4v) is 3.72. The standard InChI is InChI=1S/C17H24N2O3/c1-3-22-15-10-14(20)17(15)6-8-19(9-7-17)16(21)13-5-4-12(2)18-11-13/h4-5,11,14-15,20H,3,6-10H2,1-2H3/t14-,15+/m0/s1. The van der Waals surface area contributed by atoms with E-state index in [1.54, 1.807) is 6.20 Å². The molecule has 1 amide bonds. The van der Waals surface area contributed by atoms with E-state index in [4.69, 9.17) is 4.74 Å². The molecule has 5 nitrogen and oxygen atoms in total. The van der Waals surface area contributed by atoms with Crippen LogP contribution >= 0.6 is 0 Å². The molecule has 2 heterocycles. The van der Waals surface area contributed by atoms with Crippen LogP contribution in [-0.2, 0) is 4.74 Å². The van der Waals surface area contributed by atoms with Crippen molar-refractivity contribution >= 4 is 5.91 Å². The molecule has 1 spiro atoms. The maximum absolute atomic E-state index is 12.5. The monoisotopic (exact) mass is 304 g/mol. The lowest BCUT2D eigenvalue weighted by Crippen LogP contribution is -2.62. The van der Waals surface area contributed by atoms with E-state index in [1.807, 2.05) is 30.9 Å². The maximum atomic E-state index is 12.5. The second-order valence-electron chi connectivity index (χ2n) is 6.41. The number of pyridine rings is 1. The van der Waals surface area contributed by atoms with Gasteiger partial charge in [-0.15, -0.1) is 0 Å². The number of aliphatic hydroxyl groups excluding tert-OH is 1. The Kier molecular flexibility index (Phi) is 4.19. The van der Waals surface area contributed by atoms with Crippen molar-refractivity contribution in [2.75, 3.05) is 19.7 Å². The fraction of sp³-hybridized carbons (Fsp3) is 0.647. The highest BCUT2D eigenvalue weighted by Gasteiger charge is 2.56. The fourth-order valence-electron chi connectivity index (χ4n) is 3.72. The summed E-state index contributed by atoms with van der Waals surface area (Å²) >= 11 is 0. The molecule has 3 rings (SSSR count). The summed E-state index contributed by atoms with van der Waals surface area (Å²) in [6.07, 6.45) is 3.84. The van der Waals surface area contributed by atoms with Crippen molar-refractivity contribution in [3.8, 4) is 0 Å². The first-order chi connectivity index (χ1) is 10.6. The van der Waals surface area contributed by atoms with Gasteiger partial charge in [-0.1, -0.05) is 0 Å².